The van der Waals surface area contributed by atoms with Gasteiger partial charge in [0, 0.05) is 11.3 Å². The van der Waals surface area contributed by atoms with Crippen LogP contribution in [0.3, 0.4) is 0 Å². The Morgan fingerprint density at radius 3 is 2.79 bits per heavy atom. The summed E-state index contributed by atoms with van der Waals surface area (Å²) in [6, 6.07) is 10.3. The first kappa shape index (κ1) is 14.4. The minimum atomic E-state index is -0.292. The van der Waals surface area contributed by atoms with E-state index in [1.54, 1.807) is 12.4 Å². The molecule has 0 spiro atoms. The Bertz CT molecular complexity index is 1020. The molecule has 0 aliphatic rings. The molecule has 0 saturated carbocycles. The van der Waals surface area contributed by atoms with Crippen molar-refractivity contribution in [1.29, 1.82) is 0 Å². The molecule has 0 aliphatic heterocycles. The predicted molar refractivity (Wildman–Crippen MR) is 90.7 cm³/mol. The lowest BCUT2D eigenvalue weighted by Gasteiger charge is -2.10. The summed E-state index contributed by atoms with van der Waals surface area (Å²) in [5.41, 5.74) is 5.85. The Kier molecular flexibility index (Phi) is 3.30. The van der Waals surface area contributed by atoms with Gasteiger partial charge in [-0.05, 0) is 49.7 Å². The number of benzene rings is 2. The molecule has 6 heteroatoms. The maximum Gasteiger partial charge on any atom is 0.141 e. The molecule has 0 aliphatic carbocycles. The number of rotatable bonds is 3. The number of imidazole rings is 1. The van der Waals surface area contributed by atoms with Crippen LogP contribution in [0.4, 0.5) is 15.8 Å². The summed E-state index contributed by atoms with van der Waals surface area (Å²) in [7, 11) is 0. The molecular formula is C18H15FN4O. The van der Waals surface area contributed by atoms with E-state index in [-0.39, 0.29) is 5.82 Å². The fourth-order valence-electron chi connectivity index (χ4n) is 2.91. The standard InChI is InChI=1S/C18H15FN4O/c1-10-17(11(2)24-23-10)12-6-15-18(21-9-20-15)16(7-12)22-14-5-3-4-13(19)8-14/h3-9,22H,1-2H3,(H,20,21). The zero-order valence-electron chi connectivity index (χ0n) is 13.2. The number of H-pyrrole nitrogens is 1. The third-order valence-corrected chi connectivity index (χ3v) is 3.95. The first-order valence-corrected chi connectivity index (χ1v) is 7.55. The van der Waals surface area contributed by atoms with Crippen molar-refractivity contribution in [2.24, 2.45) is 0 Å². The molecule has 0 saturated heterocycles. The largest absolute Gasteiger partial charge is 0.361 e. The summed E-state index contributed by atoms with van der Waals surface area (Å²) in [4.78, 5) is 7.48. The van der Waals surface area contributed by atoms with Crippen molar-refractivity contribution in [2.45, 2.75) is 13.8 Å². The highest BCUT2D eigenvalue weighted by Crippen LogP contribution is 2.34. The Balaban J connectivity index is 1.87. The average molecular weight is 322 g/mol. The second-order valence-electron chi connectivity index (χ2n) is 5.66. The van der Waals surface area contributed by atoms with E-state index in [4.69, 9.17) is 4.52 Å². The van der Waals surface area contributed by atoms with Crippen molar-refractivity contribution >= 4 is 22.4 Å². The highest BCUT2D eigenvalue weighted by atomic mass is 19.1. The molecule has 120 valence electrons. The Morgan fingerprint density at radius 2 is 2.04 bits per heavy atom. The van der Waals surface area contributed by atoms with Gasteiger partial charge in [-0.15, -0.1) is 0 Å². The maximum absolute atomic E-state index is 13.4. The maximum atomic E-state index is 13.4. The number of fused-ring (bicyclic) bond motifs is 1. The topological polar surface area (TPSA) is 66.7 Å². The summed E-state index contributed by atoms with van der Waals surface area (Å²) < 4.78 is 18.7. The van der Waals surface area contributed by atoms with Crippen LogP contribution in [0.2, 0.25) is 0 Å². The van der Waals surface area contributed by atoms with E-state index >= 15 is 0 Å². The number of hydrogen-bond donors (Lipinski definition) is 2. The van der Waals surface area contributed by atoms with Crippen molar-refractivity contribution in [2.75, 3.05) is 5.32 Å². The zero-order chi connectivity index (χ0) is 16.7. The Labute approximate surface area is 137 Å². The molecule has 0 radical (unpaired) electrons. The molecule has 2 aromatic carbocycles. The number of aromatic nitrogens is 3. The van der Waals surface area contributed by atoms with Crippen molar-refractivity contribution in [3.05, 3.63) is 60.0 Å². The lowest BCUT2D eigenvalue weighted by Crippen LogP contribution is -1.94. The van der Waals surface area contributed by atoms with Gasteiger partial charge in [-0.25, -0.2) is 9.37 Å². The van der Waals surface area contributed by atoms with Gasteiger partial charge >= 0.3 is 0 Å². The Morgan fingerprint density at radius 1 is 1.17 bits per heavy atom. The molecule has 0 fully saturated rings. The molecule has 5 nitrogen and oxygen atoms in total. The van der Waals surface area contributed by atoms with Crippen LogP contribution in [0, 0.1) is 19.7 Å². The van der Waals surface area contributed by atoms with Crippen LogP contribution in [0.25, 0.3) is 22.2 Å². The van der Waals surface area contributed by atoms with Gasteiger partial charge in [0.15, 0.2) is 0 Å². The smallest absolute Gasteiger partial charge is 0.141 e. The van der Waals surface area contributed by atoms with Crippen molar-refractivity contribution in [1.82, 2.24) is 15.1 Å². The van der Waals surface area contributed by atoms with Gasteiger partial charge in [-0.3, -0.25) is 0 Å². The first-order chi connectivity index (χ1) is 11.6. The summed E-state index contributed by atoms with van der Waals surface area (Å²) in [5, 5.41) is 7.26. The fourth-order valence-corrected chi connectivity index (χ4v) is 2.91. The van der Waals surface area contributed by atoms with E-state index in [1.165, 1.54) is 12.1 Å². The third kappa shape index (κ3) is 2.42. The number of halogens is 1. The minimum absolute atomic E-state index is 0.292. The highest BCUT2D eigenvalue weighted by Gasteiger charge is 2.15. The molecule has 2 heterocycles. The van der Waals surface area contributed by atoms with Gasteiger partial charge in [0.25, 0.3) is 0 Å². The monoisotopic (exact) mass is 322 g/mol. The van der Waals surface area contributed by atoms with E-state index in [1.807, 2.05) is 32.0 Å². The number of nitrogens with one attached hydrogen (secondary N) is 2. The summed E-state index contributed by atoms with van der Waals surface area (Å²) in [6.07, 6.45) is 1.64. The van der Waals surface area contributed by atoms with Gasteiger partial charge in [0.05, 0.1) is 23.2 Å². The molecule has 0 unspecified atom stereocenters. The molecule has 0 atom stereocenters. The average Bonchev–Trinajstić information content (AvgIpc) is 3.14. The molecule has 2 aromatic heterocycles. The minimum Gasteiger partial charge on any atom is -0.361 e. The van der Waals surface area contributed by atoms with Crippen LogP contribution in [0.5, 0.6) is 0 Å². The second-order valence-corrected chi connectivity index (χ2v) is 5.66. The second kappa shape index (κ2) is 5.49. The molecule has 0 amide bonds. The third-order valence-electron chi connectivity index (χ3n) is 3.95. The summed E-state index contributed by atoms with van der Waals surface area (Å²) >= 11 is 0. The van der Waals surface area contributed by atoms with Crippen LogP contribution < -0.4 is 5.32 Å². The molecule has 0 bridgehead atoms. The fraction of sp³-hybridized carbons (Fsp3) is 0.111. The van der Waals surface area contributed by atoms with E-state index in [2.05, 4.69) is 20.4 Å². The SMILES string of the molecule is Cc1noc(C)c1-c1cc(Nc2cccc(F)c2)c2nc[nH]c2c1. The van der Waals surface area contributed by atoms with E-state index in [9.17, 15) is 4.39 Å². The van der Waals surface area contributed by atoms with Crippen LogP contribution in [0.15, 0.2) is 47.2 Å². The van der Waals surface area contributed by atoms with Gasteiger partial charge in [0.1, 0.15) is 17.1 Å². The molecule has 2 N–H and O–H groups in total. The van der Waals surface area contributed by atoms with Crippen LogP contribution in [-0.4, -0.2) is 15.1 Å². The van der Waals surface area contributed by atoms with E-state index in [0.717, 1.165) is 39.3 Å². The van der Waals surface area contributed by atoms with Gasteiger partial charge < -0.3 is 14.8 Å². The van der Waals surface area contributed by atoms with Crippen molar-refractivity contribution in [3.8, 4) is 11.1 Å². The van der Waals surface area contributed by atoms with E-state index < -0.39 is 0 Å². The van der Waals surface area contributed by atoms with Crippen LogP contribution in [-0.2, 0) is 0 Å². The van der Waals surface area contributed by atoms with Crippen molar-refractivity contribution < 1.29 is 8.91 Å². The molecule has 4 rings (SSSR count). The van der Waals surface area contributed by atoms with Gasteiger partial charge in [-0.1, -0.05) is 11.2 Å². The summed E-state index contributed by atoms with van der Waals surface area (Å²) in [5.74, 6) is 0.461. The predicted octanol–water partition coefficient (Wildman–Crippen LogP) is 4.72. The number of aryl methyl sites for hydroxylation is 2. The molecule has 24 heavy (non-hydrogen) atoms. The lowest BCUT2D eigenvalue weighted by atomic mass is 10.0. The zero-order valence-corrected chi connectivity index (χ0v) is 13.2. The van der Waals surface area contributed by atoms with E-state index in [0.29, 0.717) is 5.69 Å². The normalized spacial score (nSPS) is 11.1. The Hall–Kier alpha value is -3.15. The number of hydrogen-bond acceptors (Lipinski definition) is 4. The van der Waals surface area contributed by atoms with Crippen LogP contribution >= 0.6 is 0 Å². The molecule has 4 aromatic rings. The highest BCUT2D eigenvalue weighted by molar-refractivity contribution is 5.94. The van der Waals surface area contributed by atoms with Gasteiger partial charge in [-0.2, -0.15) is 0 Å². The van der Waals surface area contributed by atoms with Gasteiger partial charge in [0.2, 0.25) is 0 Å². The molecular weight excluding hydrogens is 307 g/mol. The first-order valence-electron chi connectivity index (χ1n) is 7.55. The quantitative estimate of drug-likeness (QED) is 0.573. The van der Waals surface area contributed by atoms with Crippen molar-refractivity contribution in [3.63, 3.8) is 0 Å². The van der Waals surface area contributed by atoms with Crippen LogP contribution in [0.1, 0.15) is 11.5 Å². The summed E-state index contributed by atoms with van der Waals surface area (Å²) in [6.45, 7) is 3.79. The number of anilines is 2. The number of aromatic amines is 1. The lowest BCUT2D eigenvalue weighted by molar-refractivity contribution is 0.393. The number of nitrogens with zero attached hydrogens (tertiary/aromatic N) is 2.